The largest absolute Gasteiger partial charge is 0.391 e. The number of carbonyl (C=O) groups excluding carboxylic acids is 1. The molecule has 0 saturated carbocycles. The van der Waals surface area contributed by atoms with E-state index in [2.05, 4.69) is 10.6 Å². The van der Waals surface area contributed by atoms with E-state index in [4.69, 9.17) is 0 Å². The quantitative estimate of drug-likeness (QED) is 0.737. The molecule has 0 aromatic heterocycles. The van der Waals surface area contributed by atoms with Crippen LogP contribution in [0, 0.1) is 0 Å². The molecule has 0 radical (unpaired) electrons. The molecule has 19 heavy (non-hydrogen) atoms. The minimum Gasteiger partial charge on any atom is -0.391 e. The van der Waals surface area contributed by atoms with Crippen LogP contribution in [0.25, 0.3) is 0 Å². The highest BCUT2D eigenvalue weighted by molar-refractivity contribution is 5.82. The first-order chi connectivity index (χ1) is 9.16. The molecule has 1 aromatic rings. The number of hydrogen-bond donors (Lipinski definition) is 3. The predicted octanol–water partition coefficient (Wildman–Crippen LogP) is 0.847. The van der Waals surface area contributed by atoms with Crippen LogP contribution in [-0.2, 0) is 11.2 Å². The maximum absolute atomic E-state index is 11.9. The van der Waals surface area contributed by atoms with Crippen LogP contribution >= 0.6 is 0 Å². The van der Waals surface area contributed by atoms with Gasteiger partial charge in [-0.2, -0.15) is 0 Å². The summed E-state index contributed by atoms with van der Waals surface area (Å²) >= 11 is 0. The summed E-state index contributed by atoms with van der Waals surface area (Å²) in [6, 6.07) is 9.49. The maximum atomic E-state index is 11.9. The van der Waals surface area contributed by atoms with E-state index in [0.717, 1.165) is 24.9 Å². The Morgan fingerprint density at radius 3 is 2.84 bits per heavy atom. The van der Waals surface area contributed by atoms with Gasteiger partial charge in [-0.3, -0.25) is 4.79 Å². The van der Waals surface area contributed by atoms with Crippen LogP contribution in [0.5, 0.6) is 0 Å². The van der Waals surface area contributed by atoms with Gasteiger partial charge >= 0.3 is 0 Å². The summed E-state index contributed by atoms with van der Waals surface area (Å²) in [5.74, 6) is -0.00267. The first kappa shape index (κ1) is 14.0. The van der Waals surface area contributed by atoms with Gasteiger partial charge in [0.25, 0.3) is 0 Å². The third-order valence-corrected chi connectivity index (χ3v) is 3.61. The molecule has 1 amide bonds. The molecular weight excluding hydrogens is 240 g/mol. The molecule has 3 N–H and O–H groups in total. The van der Waals surface area contributed by atoms with Gasteiger partial charge < -0.3 is 15.7 Å². The predicted molar refractivity (Wildman–Crippen MR) is 74.8 cm³/mol. The monoisotopic (exact) mass is 262 g/mol. The second-order valence-corrected chi connectivity index (χ2v) is 5.20. The zero-order valence-corrected chi connectivity index (χ0v) is 11.3. The molecule has 4 nitrogen and oxygen atoms in total. The SMILES string of the molecule is CC(NC(=O)C1CCCN1)C(O)Cc1ccccc1. The molecular formula is C15H22N2O2. The molecule has 4 heteroatoms. The van der Waals surface area contributed by atoms with Gasteiger partial charge in [-0.15, -0.1) is 0 Å². The van der Waals surface area contributed by atoms with Crippen molar-refractivity contribution in [2.45, 2.75) is 44.4 Å². The molecule has 0 spiro atoms. The van der Waals surface area contributed by atoms with Gasteiger partial charge in [0.1, 0.15) is 0 Å². The maximum Gasteiger partial charge on any atom is 0.237 e. The molecule has 1 saturated heterocycles. The minimum absolute atomic E-state index is 0.00267. The summed E-state index contributed by atoms with van der Waals surface area (Å²) < 4.78 is 0. The van der Waals surface area contributed by atoms with Crippen LogP contribution in [0.3, 0.4) is 0 Å². The van der Waals surface area contributed by atoms with Crippen LogP contribution in [0.2, 0.25) is 0 Å². The molecule has 2 rings (SSSR count). The Kier molecular flexibility index (Phi) is 4.93. The highest BCUT2D eigenvalue weighted by Crippen LogP contribution is 2.08. The summed E-state index contributed by atoms with van der Waals surface area (Å²) in [5, 5.41) is 16.2. The summed E-state index contributed by atoms with van der Waals surface area (Å²) in [6.07, 6.45) is 1.92. The summed E-state index contributed by atoms with van der Waals surface area (Å²) in [7, 11) is 0. The van der Waals surface area contributed by atoms with Gasteiger partial charge in [0, 0.05) is 6.42 Å². The van der Waals surface area contributed by atoms with E-state index in [-0.39, 0.29) is 18.0 Å². The van der Waals surface area contributed by atoms with Crippen LogP contribution in [0.4, 0.5) is 0 Å². The lowest BCUT2D eigenvalue weighted by Crippen LogP contribution is -2.48. The fraction of sp³-hybridized carbons (Fsp3) is 0.533. The summed E-state index contributed by atoms with van der Waals surface area (Å²) in [4.78, 5) is 11.9. The number of carbonyl (C=O) groups is 1. The average Bonchev–Trinajstić information content (AvgIpc) is 2.93. The smallest absolute Gasteiger partial charge is 0.237 e. The third kappa shape index (κ3) is 4.04. The molecule has 1 heterocycles. The van der Waals surface area contributed by atoms with E-state index in [0.29, 0.717) is 6.42 Å². The Balaban J connectivity index is 1.81. The number of rotatable bonds is 5. The van der Waals surface area contributed by atoms with Gasteiger partial charge in [-0.25, -0.2) is 0 Å². The fourth-order valence-electron chi connectivity index (χ4n) is 2.36. The van der Waals surface area contributed by atoms with E-state index in [1.54, 1.807) is 0 Å². The summed E-state index contributed by atoms with van der Waals surface area (Å²) in [6.45, 7) is 2.75. The highest BCUT2D eigenvalue weighted by atomic mass is 16.3. The van der Waals surface area contributed by atoms with Crippen molar-refractivity contribution in [3.05, 3.63) is 35.9 Å². The Morgan fingerprint density at radius 2 is 2.21 bits per heavy atom. The topological polar surface area (TPSA) is 61.4 Å². The zero-order chi connectivity index (χ0) is 13.7. The molecule has 1 aliphatic heterocycles. The first-order valence-electron chi connectivity index (χ1n) is 6.92. The third-order valence-electron chi connectivity index (χ3n) is 3.61. The molecule has 0 bridgehead atoms. The second-order valence-electron chi connectivity index (χ2n) is 5.20. The highest BCUT2D eigenvalue weighted by Gasteiger charge is 2.25. The molecule has 0 aliphatic carbocycles. The normalized spacial score (nSPS) is 21.9. The number of benzene rings is 1. The Labute approximate surface area is 114 Å². The van der Waals surface area contributed by atoms with E-state index in [9.17, 15) is 9.90 Å². The Morgan fingerprint density at radius 1 is 1.47 bits per heavy atom. The van der Waals surface area contributed by atoms with Crippen LogP contribution < -0.4 is 10.6 Å². The van der Waals surface area contributed by atoms with Crippen LogP contribution in [0.15, 0.2) is 30.3 Å². The number of aliphatic hydroxyl groups excluding tert-OH is 1. The van der Waals surface area contributed by atoms with Crippen molar-refractivity contribution >= 4 is 5.91 Å². The Hall–Kier alpha value is -1.39. The Bertz CT molecular complexity index is 402. The molecule has 104 valence electrons. The molecule has 3 atom stereocenters. The van der Waals surface area contributed by atoms with Crippen molar-refractivity contribution in [1.82, 2.24) is 10.6 Å². The number of aliphatic hydroxyl groups is 1. The van der Waals surface area contributed by atoms with Crippen molar-refractivity contribution in [2.24, 2.45) is 0 Å². The van der Waals surface area contributed by atoms with Crippen molar-refractivity contribution in [1.29, 1.82) is 0 Å². The molecule has 1 aliphatic rings. The van der Waals surface area contributed by atoms with Gasteiger partial charge in [-0.05, 0) is 31.9 Å². The summed E-state index contributed by atoms with van der Waals surface area (Å²) in [5.41, 5.74) is 1.08. The molecule has 1 fully saturated rings. The van der Waals surface area contributed by atoms with E-state index in [1.807, 2.05) is 37.3 Å². The lowest BCUT2D eigenvalue weighted by molar-refractivity contribution is -0.124. The van der Waals surface area contributed by atoms with Gasteiger partial charge in [0.05, 0.1) is 18.2 Å². The second kappa shape index (κ2) is 6.68. The van der Waals surface area contributed by atoms with Gasteiger partial charge in [0.2, 0.25) is 5.91 Å². The average molecular weight is 262 g/mol. The molecule has 3 unspecified atom stereocenters. The number of amides is 1. The lowest BCUT2D eigenvalue weighted by Gasteiger charge is -2.22. The minimum atomic E-state index is -0.562. The zero-order valence-electron chi connectivity index (χ0n) is 11.3. The van der Waals surface area contributed by atoms with Crippen LogP contribution in [-0.4, -0.2) is 35.7 Å². The van der Waals surface area contributed by atoms with E-state index in [1.165, 1.54) is 0 Å². The number of nitrogens with one attached hydrogen (secondary N) is 2. The van der Waals surface area contributed by atoms with E-state index < -0.39 is 6.10 Å². The van der Waals surface area contributed by atoms with Crippen molar-refractivity contribution in [2.75, 3.05) is 6.54 Å². The lowest BCUT2D eigenvalue weighted by atomic mass is 10.0. The van der Waals surface area contributed by atoms with Crippen LogP contribution in [0.1, 0.15) is 25.3 Å². The van der Waals surface area contributed by atoms with Crippen molar-refractivity contribution in [3.63, 3.8) is 0 Å². The number of hydrogen-bond acceptors (Lipinski definition) is 3. The fourth-order valence-corrected chi connectivity index (χ4v) is 2.36. The van der Waals surface area contributed by atoms with E-state index >= 15 is 0 Å². The first-order valence-corrected chi connectivity index (χ1v) is 6.92. The van der Waals surface area contributed by atoms with Gasteiger partial charge in [-0.1, -0.05) is 30.3 Å². The van der Waals surface area contributed by atoms with Crippen molar-refractivity contribution in [3.8, 4) is 0 Å². The van der Waals surface area contributed by atoms with Gasteiger partial charge in [0.15, 0.2) is 0 Å². The van der Waals surface area contributed by atoms with Crippen molar-refractivity contribution < 1.29 is 9.90 Å². The standard InChI is InChI=1S/C15H22N2O2/c1-11(17-15(19)13-8-5-9-16-13)14(18)10-12-6-3-2-4-7-12/h2-4,6-7,11,13-14,16,18H,5,8-10H2,1H3,(H,17,19). The molecule has 1 aromatic carbocycles.